The summed E-state index contributed by atoms with van der Waals surface area (Å²) in [6.07, 6.45) is 1.62. The van der Waals surface area contributed by atoms with Crippen molar-refractivity contribution in [3.63, 3.8) is 0 Å². The van der Waals surface area contributed by atoms with Crippen LogP contribution in [0, 0.1) is 6.57 Å². The van der Waals surface area contributed by atoms with Crippen molar-refractivity contribution in [3.8, 4) is 0 Å². The van der Waals surface area contributed by atoms with Crippen LogP contribution in [0.15, 0.2) is 12.3 Å². The molecule has 1 aromatic rings. The van der Waals surface area contributed by atoms with Crippen LogP contribution in [-0.2, 0) is 5.54 Å². The molecule has 0 fully saturated rings. The molecule has 0 bridgehead atoms. The van der Waals surface area contributed by atoms with Crippen LogP contribution in [0.1, 0.15) is 13.8 Å². The summed E-state index contributed by atoms with van der Waals surface area (Å²) in [7, 11) is 0. The topological polar surface area (TPSA) is 22.2 Å². The zero-order valence-corrected chi connectivity index (χ0v) is 7.08. The molecule has 1 heterocycles. The number of hydrogen-bond acceptors (Lipinski definition) is 1. The average molecular weight is 167 g/mol. The van der Waals surface area contributed by atoms with Gasteiger partial charge in [-0.1, -0.05) is 6.57 Å². The van der Waals surface area contributed by atoms with E-state index in [-0.39, 0.29) is 0 Å². The van der Waals surface area contributed by atoms with Crippen molar-refractivity contribution in [2.45, 2.75) is 19.4 Å². The summed E-state index contributed by atoms with van der Waals surface area (Å²) >= 11 is 0. The van der Waals surface area contributed by atoms with Gasteiger partial charge in [0.2, 0.25) is 0 Å². The zero-order valence-electron chi connectivity index (χ0n) is 7.08. The maximum atomic E-state index is 12.4. The van der Waals surface area contributed by atoms with Crippen molar-refractivity contribution in [2.75, 3.05) is 6.67 Å². The normalized spacial score (nSPS) is 11.2. The number of alkyl halides is 1. The first-order valence-corrected chi connectivity index (χ1v) is 3.60. The van der Waals surface area contributed by atoms with E-state index in [1.54, 1.807) is 26.1 Å². The summed E-state index contributed by atoms with van der Waals surface area (Å²) in [5.41, 5.74) is -0.650. The van der Waals surface area contributed by atoms with Crippen LogP contribution in [0.25, 0.3) is 4.85 Å². The highest BCUT2D eigenvalue weighted by atomic mass is 19.1. The third-order valence-corrected chi connectivity index (χ3v) is 1.64. The van der Waals surface area contributed by atoms with Gasteiger partial charge in [0.25, 0.3) is 5.82 Å². The number of halogens is 1. The molecule has 0 atom stereocenters. The van der Waals surface area contributed by atoms with Crippen LogP contribution >= 0.6 is 0 Å². The molecule has 0 aromatic carbocycles. The zero-order chi connectivity index (χ0) is 9.19. The van der Waals surface area contributed by atoms with Gasteiger partial charge in [0.15, 0.2) is 0 Å². The second-order valence-electron chi connectivity index (χ2n) is 3.18. The van der Waals surface area contributed by atoms with Crippen molar-refractivity contribution in [3.05, 3.63) is 23.7 Å². The third kappa shape index (κ3) is 1.45. The lowest BCUT2D eigenvalue weighted by molar-refractivity contribution is 0.237. The van der Waals surface area contributed by atoms with Gasteiger partial charge in [-0.3, -0.25) is 0 Å². The van der Waals surface area contributed by atoms with E-state index < -0.39 is 12.2 Å². The van der Waals surface area contributed by atoms with Crippen molar-refractivity contribution in [1.82, 2.24) is 9.78 Å². The molecule has 0 saturated carbocycles. The van der Waals surface area contributed by atoms with E-state index >= 15 is 0 Å². The predicted molar refractivity (Wildman–Crippen MR) is 43.8 cm³/mol. The van der Waals surface area contributed by atoms with E-state index in [2.05, 4.69) is 9.94 Å². The minimum absolute atomic E-state index is 0.302. The molecule has 0 aliphatic rings. The van der Waals surface area contributed by atoms with Gasteiger partial charge in [-0.25, -0.2) is 4.39 Å². The summed E-state index contributed by atoms with van der Waals surface area (Å²) in [6, 6.07) is 1.57. The van der Waals surface area contributed by atoms with Crippen LogP contribution < -0.4 is 0 Å². The third-order valence-electron chi connectivity index (χ3n) is 1.64. The van der Waals surface area contributed by atoms with Crippen molar-refractivity contribution >= 4 is 5.82 Å². The predicted octanol–water partition coefficient (Wildman–Crippen LogP) is 2.14. The fourth-order valence-electron chi connectivity index (χ4n) is 0.772. The second kappa shape index (κ2) is 2.94. The number of aromatic nitrogens is 2. The molecule has 1 rings (SSSR count). The molecule has 1 aromatic heterocycles. The smallest absolute Gasteiger partial charge is 0.295 e. The molecule has 0 unspecified atom stereocenters. The molecule has 0 spiro atoms. The molecule has 0 saturated heterocycles. The largest absolute Gasteiger partial charge is 0.359 e. The van der Waals surface area contributed by atoms with Gasteiger partial charge >= 0.3 is 0 Å². The first-order chi connectivity index (χ1) is 5.60. The SMILES string of the molecule is [C-]#[N+]c1ccn(C(C)(C)CF)n1. The van der Waals surface area contributed by atoms with E-state index in [0.29, 0.717) is 5.82 Å². The Balaban J connectivity index is 2.98. The van der Waals surface area contributed by atoms with E-state index in [1.165, 1.54) is 4.68 Å². The Hall–Kier alpha value is -1.37. The molecule has 3 nitrogen and oxygen atoms in total. The van der Waals surface area contributed by atoms with Gasteiger partial charge in [0.1, 0.15) is 12.2 Å². The van der Waals surface area contributed by atoms with Gasteiger partial charge in [-0.05, 0) is 25.0 Å². The van der Waals surface area contributed by atoms with Gasteiger partial charge in [0, 0.05) is 6.20 Å². The molecule has 0 aliphatic heterocycles. The Morgan fingerprint density at radius 3 is 2.83 bits per heavy atom. The van der Waals surface area contributed by atoms with E-state index in [4.69, 9.17) is 6.57 Å². The summed E-state index contributed by atoms with van der Waals surface area (Å²) < 4.78 is 13.9. The van der Waals surface area contributed by atoms with Crippen LogP contribution in [0.3, 0.4) is 0 Å². The van der Waals surface area contributed by atoms with Crippen LogP contribution in [0.4, 0.5) is 10.2 Å². The highest BCUT2D eigenvalue weighted by Gasteiger charge is 2.23. The number of nitrogens with zero attached hydrogens (tertiary/aromatic N) is 3. The molecule has 0 aliphatic carbocycles. The standard InChI is InChI=1S/C8H10FN3/c1-8(2,6-9)12-5-4-7(10-3)11-12/h4-5H,6H2,1-2H3. The molecule has 0 amide bonds. The van der Waals surface area contributed by atoms with Crippen molar-refractivity contribution in [2.24, 2.45) is 0 Å². The minimum atomic E-state index is -0.650. The van der Waals surface area contributed by atoms with Gasteiger partial charge in [-0.15, -0.1) is 0 Å². The molecular formula is C8H10FN3. The number of rotatable bonds is 2. The fourth-order valence-corrected chi connectivity index (χ4v) is 0.772. The highest BCUT2D eigenvalue weighted by molar-refractivity contribution is 5.32. The van der Waals surface area contributed by atoms with Gasteiger partial charge in [-0.2, -0.15) is 4.68 Å². The van der Waals surface area contributed by atoms with Crippen LogP contribution in [0.5, 0.6) is 0 Å². The fraction of sp³-hybridized carbons (Fsp3) is 0.500. The lowest BCUT2D eigenvalue weighted by Crippen LogP contribution is -2.28. The van der Waals surface area contributed by atoms with Crippen molar-refractivity contribution in [1.29, 1.82) is 0 Å². The molecule has 0 N–H and O–H groups in total. The Morgan fingerprint density at radius 2 is 2.42 bits per heavy atom. The Kier molecular flexibility index (Phi) is 2.13. The lowest BCUT2D eigenvalue weighted by Gasteiger charge is -2.17. The van der Waals surface area contributed by atoms with Crippen LogP contribution in [0.2, 0.25) is 0 Å². The Labute approximate surface area is 70.6 Å². The molecule has 12 heavy (non-hydrogen) atoms. The maximum absolute atomic E-state index is 12.4. The lowest BCUT2D eigenvalue weighted by atomic mass is 10.1. The summed E-state index contributed by atoms with van der Waals surface area (Å²) in [6.45, 7) is 9.64. The highest BCUT2D eigenvalue weighted by Crippen LogP contribution is 2.17. The number of hydrogen-bond donors (Lipinski definition) is 0. The maximum Gasteiger partial charge on any atom is 0.295 e. The van der Waals surface area contributed by atoms with Gasteiger partial charge in [0.05, 0.1) is 0 Å². The average Bonchev–Trinajstić information content (AvgIpc) is 2.52. The van der Waals surface area contributed by atoms with Crippen molar-refractivity contribution < 1.29 is 4.39 Å². The second-order valence-corrected chi connectivity index (χ2v) is 3.18. The van der Waals surface area contributed by atoms with E-state index in [9.17, 15) is 4.39 Å². The minimum Gasteiger partial charge on any atom is -0.359 e. The Bertz CT molecular complexity index is 308. The Morgan fingerprint density at radius 1 is 1.75 bits per heavy atom. The summed E-state index contributed by atoms with van der Waals surface area (Å²) in [5.74, 6) is 0.302. The summed E-state index contributed by atoms with van der Waals surface area (Å²) in [4.78, 5) is 3.13. The monoisotopic (exact) mass is 167 g/mol. The first kappa shape index (κ1) is 8.72. The quantitative estimate of drug-likeness (QED) is 0.618. The van der Waals surface area contributed by atoms with E-state index in [1.807, 2.05) is 0 Å². The first-order valence-electron chi connectivity index (χ1n) is 3.60. The molecular weight excluding hydrogens is 157 g/mol. The summed E-state index contributed by atoms with van der Waals surface area (Å²) in [5, 5.41) is 3.89. The van der Waals surface area contributed by atoms with Gasteiger partial charge < -0.3 is 4.85 Å². The molecule has 0 radical (unpaired) electrons. The molecule has 4 heteroatoms. The van der Waals surface area contributed by atoms with E-state index in [0.717, 1.165) is 0 Å². The van der Waals surface area contributed by atoms with Crippen LogP contribution in [-0.4, -0.2) is 16.5 Å². The molecule has 64 valence electrons.